The predicted molar refractivity (Wildman–Crippen MR) is 112 cm³/mol. The predicted octanol–water partition coefficient (Wildman–Crippen LogP) is 3.57. The van der Waals surface area contributed by atoms with Crippen molar-refractivity contribution in [2.45, 2.75) is 25.8 Å². The number of likely N-dealkylation sites (tertiary alicyclic amines) is 1. The molecule has 1 N–H and O–H groups in total. The highest BCUT2D eigenvalue weighted by molar-refractivity contribution is 5.97. The molecule has 3 rings (SSSR count). The summed E-state index contributed by atoms with van der Waals surface area (Å²) >= 11 is 0. The molecule has 1 atom stereocenters. The number of esters is 1. The van der Waals surface area contributed by atoms with E-state index in [9.17, 15) is 9.59 Å². The molecule has 0 aliphatic carbocycles. The monoisotopic (exact) mass is 396 g/mol. The summed E-state index contributed by atoms with van der Waals surface area (Å²) in [5, 5.41) is 3.05. The lowest BCUT2D eigenvalue weighted by atomic mass is 9.94. The molecule has 1 amide bonds. The molecule has 0 bridgehead atoms. The topological polar surface area (TPSA) is 67.9 Å². The van der Waals surface area contributed by atoms with Gasteiger partial charge in [0, 0.05) is 13.1 Å². The lowest BCUT2D eigenvalue weighted by molar-refractivity contribution is -0.147. The minimum Gasteiger partial charge on any atom is -0.495 e. The molecule has 2 aromatic rings. The zero-order valence-corrected chi connectivity index (χ0v) is 17.2. The van der Waals surface area contributed by atoms with Crippen molar-refractivity contribution < 1.29 is 19.1 Å². The van der Waals surface area contributed by atoms with Gasteiger partial charge in [0.25, 0.3) is 0 Å². The Balaban J connectivity index is 1.83. The average molecular weight is 396 g/mol. The molecular weight excluding hydrogens is 368 g/mol. The van der Waals surface area contributed by atoms with Gasteiger partial charge in [-0.15, -0.1) is 0 Å². The lowest BCUT2D eigenvalue weighted by Gasteiger charge is -2.36. The standard InChI is InChI=1S/C23H28N2O4/c1-16-9-10-20(28-2)19(15-16)24-22(26)21(17-7-5-4-6-8-17)25-13-11-18(12-14-25)23(27)29-3/h4-10,15,18,21H,11-14H2,1-3H3,(H,24,26)/t21-/m0/s1. The number of anilines is 1. The summed E-state index contributed by atoms with van der Waals surface area (Å²) in [5.74, 6) is 0.235. The Morgan fingerprint density at radius 2 is 1.76 bits per heavy atom. The first-order valence-electron chi connectivity index (χ1n) is 9.85. The van der Waals surface area contributed by atoms with E-state index in [0.717, 1.165) is 11.1 Å². The molecule has 2 aromatic carbocycles. The molecule has 154 valence electrons. The quantitative estimate of drug-likeness (QED) is 0.756. The van der Waals surface area contributed by atoms with Gasteiger partial charge >= 0.3 is 5.97 Å². The summed E-state index contributed by atoms with van der Waals surface area (Å²) < 4.78 is 10.3. The molecular formula is C23H28N2O4. The van der Waals surface area contributed by atoms with E-state index in [4.69, 9.17) is 9.47 Å². The van der Waals surface area contributed by atoms with Crippen molar-refractivity contribution in [1.82, 2.24) is 4.90 Å². The van der Waals surface area contributed by atoms with Crippen LogP contribution in [-0.4, -0.2) is 44.1 Å². The van der Waals surface area contributed by atoms with Crippen molar-refractivity contribution in [3.05, 3.63) is 59.7 Å². The molecule has 0 saturated carbocycles. The van der Waals surface area contributed by atoms with Gasteiger partial charge in [0.05, 0.1) is 25.8 Å². The molecule has 1 aliphatic heterocycles. The number of piperidine rings is 1. The number of rotatable bonds is 6. The number of hydrogen-bond acceptors (Lipinski definition) is 5. The summed E-state index contributed by atoms with van der Waals surface area (Å²) in [6.45, 7) is 3.27. The van der Waals surface area contributed by atoms with Gasteiger partial charge in [-0.3, -0.25) is 14.5 Å². The Kier molecular flexibility index (Phi) is 6.88. The Morgan fingerprint density at radius 1 is 1.07 bits per heavy atom. The van der Waals surface area contributed by atoms with Crippen LogP contribution in [-0.2, 0) is 14.3 Å². The van der Waals surface area contributed by atoms with Gasteiger partial charge in [0.2, 0.25) is 5.91 Å². The van der Waals surface area contributed by atoms with Gasteiger partial charge in [-0.1, -0.05) is 36.4 Å². The Hall–Kier alpha value is -2.86. The van der Waals surface area contributed by atoms with Crippen LogP contribution in [0.4, 0.5) is 5.69 Å². The maximum atomic E-state index is 13.4. The number of hydrogen-bond donors (Lipinski definition) is 1. The number of nitrogens with zero attached hydrogens (tertiary/aromatic N) is 1. The Labute approximate surface area is 171 Å². The summed E-state index contributed by atoms with van der Waals surface area (Å²) in [6.07, 6.45) is 1.36. The van der Waals surface area contributed by atoms with Crippen molar-refractivity contribution in [1.29, 1.82) is 0 Å². The molecule has 0 radical (unpaired) electrons. The molecule has 1 saturated heterocycles. The smallest absolute Gasteiger partial charge is 0.308 e. The molecule has 1 heterocycles. The minimum absolute atomic E-state index is 0.104. The number of carbonyl (C=O) groups is 2. The van der Waals surface area contributed by atoms with Crippen LogP contribution in [0.1, 0.15) is 30.0 Å². The van der Waals surface area contributed by atoms with Crippen molar-refractivity contribution in [2.24, 2.45) is 5.92 Å². The first kappa shape index (κ1) is 20.9. The van der Waals surface area contributed by atoms with E-state index < -0.39 is 6.04 Å². The van der Waals surface area contributed by atoms with E-state index in [-0.39, 0.29) is 17.8 Å². The van der Waals surface area contributed by atoms with E-state index in [1.165, 1.54) is 7.11 Å². The number of nitrogens with one attached hydrogen (secondary N) is 1. The number of amides is 1. The largest absolute Gasteiger partial charge is 0.495 e. The highest BCUT2D eigenvalue weighted by Crippen LogP contribution is 2.31. The van der Waals surface area contributed by atoms with E-state index in [1.807, 2.05) is 55.5 Å². The third kappa shape index (κ3) is 4.95. The third-order valence-electron chi connectivity index (χ3n) is 5.41. The van der Waals surface area contributed by atoms with Crippen LogP contribution in [0, 0.1) is 12.8 Å². The van der Waals surface area contributed by atoms with Gasteiger partial charge in [0.15, 0.2) is 0 Å². The Bertz CT molecular complexity index is 845. The number of methoxy groups -OCH3 is 2. The molecule has 0 spiro atoms. The van der Waals surface area contributed by atoms with Gasteiger partial charge in [0.1, 0.15) is 11.8 Å². The molecule has 6 heteroatoms. The molecule has 0 unspecified atom stereocenters. The summed E-state index contributed by atoms with van der Waals surface area (Å²) in [7, 11) is 3.01. The average Bonchev–Trinajstić information content (AvgIpc) is 2.75. The van der Waals surface area contributed by atoms with Gasteiger partial charge in [-0.05, 0) is 43.0 Å². The fraction of sp³-hybridized carbons (Fsp3) is 0.391. The first-order chi connectivity index (χ1) is 14.0. The summed E-state index contributed by atoms with van der Waals surface area (Å²) in [6, 6.07) is 15.0. The number of ether oxygens (including phenoxy) is 2. The maximum absolute atomic E-state index is 13.4. The number of carbonyl (C=O) groups excluding carboxylic acids is 2. The summed E-state index contributed by atoms with van der Waals surface area (Å²) in [5.41, 5.74) is 2.62. The highest BCUT2D eigenvalue weighted by atomic mass is 16.5. The minimum atomic E-state index is -0.444. The van der Waals surface area contributed by atoms with Gasteiger partial charge in [-0.2, -0.15) is 0 Å². The van der Waals surface area contributed by atoms with E-state index in [2.05, 4.69) is 10.2 Å². The van der Waals surface area contributed by atoms with Crippen molar-refractivity contribution in [3.8, 4) is 5.75 Å². The van der Waals surface area contributed by atoms with Crippen molar-refractivity contribution in [3.63, 3.8) is 0 Å². The van der Waals surface area contributed by atoms with E-state index in [1.54, 1.807) is 7.11 Å². The molecule has 0 aromatic heterocycles. The SMILES string of the molecule is COC(=O)C1CCN([C@H](C(=O)Nc2cc(C)ccc2OC)c2ccccc2)CC1. The Morgan fingerprint density at radius 3 is 2.38 bits per heavy atom. The van der Waals surface area contributed by atoms with Crippen LogP contribution in [0.3, 0.4) is 0 Å². The number of benzene rings is 2. The van der Waals surface area contributed by atoms with Gasteiger partial charge in [-0.25, -0.2) is 0 Å². The van der Waals surface area contributed by atoms with Crippen molar-refractivity contribution in [2.75, 3.05) is 32.6 Å². The molecule has 1 fully saturated rings. The van der Waals surface area contributed by atoms with Crippen LogP contribution in [0.25, 0.3) is 0 Å². The molecule has 29 heavy (non-hydrogen) atoms. The molecule has 6 nitrogen and oxygen atoms in total. The van der Waals surface area contributed by atoms with Crippen LogP contribution in [0.5, 0.6) is 5.75 Å². The summed E-state index contributed by atoms with van der Waals surface area (Å²) in [4.78, 5) is 27.4. The van der Waals surface area contributed by atoms with Gasteiger partial charge < -0.3 is 14.8 Å². The second kappa shape index (κ2) is 9.56. The van der Waals surface area contributed by atoms with E-state index >= 15 is 0 Å². The fourth-order valence-corrected chi connectivity index (χ4v) is 3.84. The fourth-order valence-electron chi connectivity index (χ4n) is 3.84. The van der Waals surface area contributed by atoms with E-state index in [0.29, 0.717) is 37.4 Å². The normalized spacial score (nSPS) is 16.1. The maximum Gasteiger partial charge on any atom is 0.308 e. The number of aryl methyl sites for hydroxylation is 1. The van der Waals surface area contributed by atoms with Crippen LogP contribution in [0.15, 0.2) is 48.5 Å². The zero-order chi connectivity index (χ0) is 20.8. The first-order valence-corrected chi connectivity index (χ1v) is 9.85. The molecule has 1 aliphatic rings. The van der Waals surface area contributed by atoms with Crippen LogP contribution in [0.2, 0.25) is 0 Å². The second-order valence-corrected chi connectivity index (χ2v) is 7.34. The van der Waals surface area contributed by atoms with Crippen LogP contribution >= 0.6 is 0 Å². The highest BCUT2D eigenvalue weighted by Gasteiger charge is 2.33. The second-order valence-electron chi connectivity index (χ2n) is 7.34. The zero-order valence-electron chi connectivity index (χ0n) is 17.2. The third-order valence-corrected chi connectivity index (χ3v) is 5.41. The lowest BCUT2D eigenvalue weighted by Crippen LogP contribution is -2.43. The van der Waals surface area contributed by atoms with Crippen molar-refractivity contribution >= 4 is 17.6 Å². The van der Waals surface area contributed by atoms with Crippen LogP contribution < -0.4 is 10.1 Å².